The molecule has 1 aromatic rings. The maximum absolute atomic E-state index is 9.44. The zero-order valence-electron chi connectivity index (χ0n) is 15.6. The molecule has 0 atom stereocenters. The number of quaternary nitrogens is 1. The first-order valence-electron chi connectivity index (χ1n) is 10.0. The molecule has 0 heterocycles. The molecule has 0 fully saturated rings. The van der Waals surface area contributed by atoms with Crippen molar-refractivity contribution in [2.24, 2.45) is 0 Å². The second kappa shape index (κ2) is 13.4. The number of nitrogens with zero attached hydrogens (tertiary/aromatic N) is 1. The number of benzene rings is 1. The van der Waals surface area contributed by atoms with Gasteiger partial charge in [-0.3, -0.25) is 0 Å². The molecule has 0 bridgehead atoms. The Hall–Kier alpha value is -0.900. The molecule has 3 heteroatoms. The van der Waals surface area contributed by atoms with Gasteiger partial charge in [0, 0.05) is 6.42 Å². The molecule has 0 aliphatic rings. The van der Waals surface area contributed by atoms with E-state index in [9.17, 15) is 10.4 Å². The lowest BCUT2D eigenvalue weighted by molar-refractivity contribution is -1.24. The summed E-state index contributed by atoms with van der Waals surface area (Å²) >= 11 is 0. The van der Waals surface area contributed by atoms with Crippen molar-refractivity contribution in [3.63, 3.8) is 0 Å². The molecule has 0 unspecified atom stereocenters. The average Bonchev–Trinajstić information content (AvgIpc) is 2.60. The Morgan fingerprint density at radius 1 is 0.667 bits per heavy atom. The van der Waals surface area contributed by atoms with Gasteiger partial charge in [0.2, 0.25) is 0 Å². The van der Waals surface area contributed by atoms with E-state index in [1.54, 1.807) is 6.92 Å². The Bertz CT molecular complexity index is 392. The summed E-state index contributed by atoms with van der Waals surface area (Å²) in [4.78, 5) is -0.815. The first-order chi connectivity index (χ1) is 11.6. The smallest absolute Gasteiger partial charge is 0.142 e. The fourth-order valence-electron chi connectivity index (χ4n) is 3.09. The molecule has 2 N–H and O–H groups in total. The normalized spacial score (nSPS) is 11.8. The summed E-state index contributed by atoms with van der Waals surface area (Å²) in [5.41, 5.74) is 1.47. The molecule has 0 saturated heterocycles. The van der Waals surface area contributed by atoms with Crippen molar-refractivity contribution in [3.8, 4) is 0 Å². The summed E-state index contributed by atoms with van der Waals surface area (Å²) in [6.07, 6.45) is 15.2. The quantitative estimate of drug-likeness (QED) is 0.229. The minimum atomic E-state index is -0.815. The van der Waals surface area contributed by atoms with Crippen molar-refractivity contribution < 1.29 is 15.2 Å². The predicted octanol–water partition coefficient (Wildman–Crippen LogP) is 6.14. The molecule has 24 heavy (non-hydrogen) atoms. The van der Waals surface area contributed by atoms with Gasteiger partial charge in [-0.05, 0) is 36.6 Å². The van der Waals surface area contributed by atoms with E-state index in [4.69, 9.17) is 0 Å². The highest BCUT2D eigenvalue weighted by molar-refractivity contribution is 5.14. The summed E-state index contributed by atoms with van der Waals surface area (Å²) in [6.45, 7) is 2.62. The summed E-state index contributed by atoms with van der Waals surface area (Å²) < 4.78 is 0. The second-order valence-corrected chi connectivity index (χ2v) is 7.04. The lowest BCUT2D eigenvalue weighted by Gasteiger charge is -2.18. The van der Waals surface area contributed by atoms with E-state index < -0.39 is 4.81 Å². The molecule has 0 saturated carbocycles. The van der Waals surface area contributed by atoms with Crippen LogP contribution in [0.25, 0.3) is 0 Å². The van der Waals surface area contributed by atoms with Crippen molar-refractivity contribution in [2.75, 3.05) is 13.1 Å². The van der Waals surface area contributed by atoms with E-state index in [0.717, 1.165) is 12.8 Å². The van der Waals surface area contributed by atoms with Crippen molar-refractivity contribution in [2.45, 2.75) is 84.0 Å². The Labute approximate surface area is 148 Å². The molecule has 1 aromatic carbocycles. The fourth-order valence-corrected chi connectivity index (χ4v) is 3.09. The zero-order chi connectivity index (χ0) is 17.5. The zero-order valence-corrected chi connectivity index (χ0v) is 15.6. The molecule has 0 aromatic heterocycles. The van der Waals surface area contributed by atoms with Gasteiger partial charge in [0.1, 0.15) is 13.1 Å². The third kappa shape index (κ3) is 11.6. The van der Waals surface area contributed by atoms with Crippen molar-refractivity contribution in [1.29, 1.82) is 0 Å². The van der Waals surface area contributed by atoms with E-state index >= 15 is 0 Å². The molecule has 0 spiro atoms. The Morgan fingerprint density at radius 3 is 1.62 bits per heavy atom. The van der Waals surface area contributed by atoms with E-state index in [1.165, 1.54) is 69.8 Å². The van der Waals surface area contributed by atoms with Crippen LogP contribution in [0.1, 0.15) is 83.1 Å². The van der Waals surface area contributed by atoms with Gasteiger partial charge >= 0.3 is 0 Å². The van der Waals surface area contributed by atoms with Crippen LogP contribution in [-0.2, 0) is 6.42 Å². The minimum Gasteiger partial charge on any atom is -0.182 e. The number of hydrogen-bond donors (Lipinski definition) is 2. The van der Waals surface area contributed by atoms with Crippen LogP contribution in [0.15, 0.2) is 30.3 Å². The number of hydroxylamine groups is 4. The minimum absolute atomic E-state index is 0.366. The Kier molecular flexibility index (Phi) is 11.8. The molecule has 3 nitrogen and oxygen atoms in total. The van der Waals surface area contributed by atoms with Crippen molar-refractivity contribution >= 4 is 0 Å². The van der Waals surface area contributed by atoms with Gasteiger partial charge in [0.25, 0.3) is 0 Å². The van der Waals surface area contributed by atoms with Crippen LogP contribution in [0.3, 0.4) is 0 Å². The first-order valence-corrected chi connectivity index (χ1v) is 10.0. The van der Waals surface area contributed by atoms with Gasteiger partial charge in [-0.25, -0.2) is 0 Å². The summed E-state index contributed by atoms with van der Waals surface area (Å²) in [5.74, 6) is 0. The van der Waals surface area contributed by atoms with Gasteiger partial charge in [-0.15, -0.1) is 0 Å². The van der Waals surface area contributed by atoms with Gasteiger partial charge in [-0.1, -0.05) is 81.7 Å². The largest absolute Gasteiger partial charge is 0.182 e. The van der Waals surface area contributed by atoms with E-state index in [2.05, 4.69) is 30.3 Å². The molecule has 0 radical (unpaired) electrons. The standard InChI is InChI=1S/C21H38NO2/c1-2-22(23,24)20-16-11-9-7-5-3-4-6-8-10-13-17-21-18-14-12-15-19-21/h12,14-15,18-19,23-24H,2-11,13,16-17,20H2,1H3/q+1. The number of rotatable bonds is 15. The van der Waals surface area contributed by atoms with Gasteiger partial charge in [0.05, 0.1) is 0 Å². The average molecular weight is 337 g/mol. The van der Waals surface area contributed by atoms with Crippen LogP contribution in [0.4, 0.5) is 0 Å². The Balaban J connectivity index is 1.78. The summed E-state index contributed by atoms with van der Waals surface area (Å²) in [6, 6.07) is 10.8. The van der Waals surface area contributed by atoms with Crippen LogP contribution in [0.2, 0.25) is 0 Å². The number of aryl methyl sites for hydroxylation is 1. The third-order valence-corrected chi connectivity index (χ3v) is 4.83. The third-order valence-electron chi connectivity index (χ3n) is 4.83. The molecule has 138 valence electrons. The van der Waals surface area contributed by atoms with Crippen LogP contribution in [0, 0.1) is 0 Å². The van der Waals surface area contributed by atoms with Crippen LogP contribution in [0.5, 0.6) is 0 Å². The van der Waals surface area contributed by atoms with Gasteiger partial charge in [0.15, 0.2) is 0 Å². The lowest BCUT2D eigenvalue weighted by Crippen LogP contribution is -2.41. The highest BCUT2D eigenvalue weighted by atomic mass is 16.8. The summed E-state index contributed by atoms with van der Waals surface area (Å²) in [7, 11) is 0. The number of hydrogen-bond acceptors (Lipinski definition) is 2. The molecular weight excluding hydrogens is 298 g/mol. The summed E-state index contributed by atoms with van der Waals surface area (Å²) in [5, 5.41) is 18.9. The SMILES string of the molecule is CC[N+](O)(O)CCCCCCCCCCCCCc1ccccc1. The van der Waals surface area contributed by atoms with E-state index in [1.807, 2.05) is 0 Å². The van der Waals surface area contributed by atoms with E-state index in [0.29, 0.717) is 13.1 Å². The highest BCUT2D eigenvalue weighted by Gasteiger charge is 2.17. The number of unbranched alkanes of at least 4 members (excludes halogenated alkanes) is 10. The first kappa shape index (κ1) is 21.1. The van der Waals surface area contributed by atoms with Crippen molar-refractivity contribution in [1.82, 2.24) is 0 Å². The van der Waals surface area contributed by atoms with Crippen LogP contribution in [-0.4, -0.2) is 28.3 Å². The lowest BCUT2D eigenvalue weighted by atomic mass is 10.0. The van der Waals surface area contributed by atoms with Crippen LogP contribution >= 0.6 is 0 Å². The monoisotopic (exact) mass is 336 g/mol. The van der Waals surface area contributed by atoms with Crippen LogP contribution < -0.4 is 0 Å². The molecule has 0 aliphatic heterocycles. The maximum Gasteiger partial charge on any atom is 0.142 e. The maximum atomic E-state index is 9.44. The van der Waals surface area contributed by atoms with Gasteiger partial charge in [-0.2, -0.15) is 10.4 Å². The molecule has 1 rings (SSSR count). The Morgan fingerprint density at radius 2 is 1.12 bits per heavy atom. The molecule has 0 aliphatic carbocycles. The van der Waals surface area contributed by atoms with Gasteiger partial charge < -0.3 is 0 Å². The topological polar surface area (TPSA) is 40.5 Å². The van der Waals surface area contributed by atoms with Crippen molar-refractivity contribution in [3.05, 3.63) is 35.9 Å². The predicted molar refractivity (Wildman–Crippen MR) is 100 cm³/mol. The fraction of sp³-hybridized carbons (Fsp3) is 0.714. The van der Waals surface area contributed by atoms with E-state index in [-0.39, 0.29) is 0 Å². The highest BCUT2D eigenvalue weighted by Crippen LogP contribution is 2.13. The molecular formula is C21H38NO2+. The second-order valence-electron chi connectivity index (χ2n) is 7.04. The molecule has 0 amide bonds.